The van der Waals surface area contributed by atoms with Gasteiger partial charge in [-0.15, -0.1) is 0 Å². The van der Waals surface area contributed by atoms with Crippen LogP contribution in [0.1, 0.15) is 17.9 Å². The maximum Gasteiger partial charge on any atom is 0.119 e. The third-order valence-electron chi connectivity index (χ3n) is 2.18. The summed E-state index contributed by atoms with van der Waals surface area (Å²) in [4.78, 5) is 0. The third kappa shape index (κ3) is 1.10. The van der Waals surface area contributed by atoms with E-state index >= 15 is 0 Å². The van der Waals surface area contributed by atoms with Gasteiger partial charge >= 0.3 is 0 Å². The molecule has 2 rings (SSSR count). The highest BCUT2D eigenvalue weighted by molar-refractivity contribution is 5.39. The summed E-state index contributed by atoms with van der Waals surface area (Å²) in [6, 6.07) is 7.67. The lowest BCUT2D eigenvalue weighted by atomic mass is 10.1. The fourth-order valence-corrected chi connectivity index (χ4v) is 1.37. The quantitative estimate of drug-likeness (QED) is 0.630. The number of para-hydroxylation sites is 1. The minimum atomic E-state index is 0.267. The second-order valence-corrected chi connectivity index (χ2v) is 3.06. The molecule has 0 aromatic heterocycles. The van der Waals surface area contributed by atoms with Gasteiger partial charge in [-0.25, -0.2) is 0 Å². The molecule has 2 atom stereocenters. The van der Waals surface area contributed by atoms with Crippen LogP contribution in [0.4, 0.5) is 0 Å². The standard InChI is InChI=1S/C9H11NO/c10-8-5-7(8)6-3-1-2-4-9(6)11/h1-4,7-8,11H,5,10H2/t7-,8+/m0/s1. The number of phenols is 1. The summed E-state index contributed by atoms with van der Waals surface area (Å²) in [7, 11) is 0. The molecule has 0 aliphatic heterocycles. The van der Waals surface area contributed by atoms with E-state index < -0.39 is 0 Å². The SMILES string of the molecule is N[C@@H]1C[C@H]1c1ccccc1O. The van der Waals surface area contributed by atoms with Gasteiger partial charge in [0.25, 0.3) is 0 Å². The molecule has 0 saturated heterocycles. The molecule has 0 heterocycles. The summed E-state index contributed by atoms with van der Waals surface area (Å²) in [5.74, 6) is 0.779. The van der Waals surface area contributed by atoms with Crippen LogP contribution in [0.5, 0.6) is 5.75 Å². The summed E-state index contributed by atoms with van der Waals surface area (Å²) in [5, 5.41) is 9.38. The third-order valence-corrected chi connectivity index (χ3v) is 2.18. The van der Waals surface area contributed by atoms with Gasteiger partial charge in [-0.3, -0.25) is 0 Å². The van der Waals surface area contributed by atoms with Gasteiger partial charge in [0.15, 0.2) is 0 Å². The monoisotopic (exact) mass is 149 g/mol. The van der Waals surface area contributed by atoms with Gasteiger partial charge in [0, 0.05) is 12.0 Å². The van der Waals surface area contributed by atoms with Crippen molar-refractivity contribution in [3.63, 3.8) is 0 Å². The van der Waals surface area contributed by atoms with E-state index in [1.54, 1.807) is 6.07 Å². The summed E-state index contributed by atoms with van der Waals surface area (Å²) in [6.45, 7) is 0. The van der Waals surface area contributed by atoms with E-state index in [2.05, 4.69) is 0 Å². The first-order valence-corrected chi connectivity index (χ1v) is 3.82. The number of nitrogens with two attached hydrogens (primary N) is 1. The number of hydrogen-bond acceptors (Lipinski definition) is 2. The number of rotatable bonds is 1. The topological polar surface area (TPSA) is 46.2 Å². The minimum Gasteiger partial charge on any atom is -0.508 e. The minimum absolute atomic E-state index is 0.267. The van der Waals surface area contributed by atoms with Crippen LogP contribution in [0, 0.1) is 0 Å². The first-order valence-electron chi connectivity index (χ1n) is 3.82. The van der Waals surface area contributed by atoms with Gasteiger partial charge in [0.1, 0.15) is 5.75 Å². The van der Waals surface area contributed by atoms with E-state index in [-0.39, 0.29) is 6.04 Å². The van der Waals surface area contributed by atoms with Crippen molar-refractivity contribution in [2.75, 3.05) is 0 Å². The lowest BCUT2D eigenvalue weighted by molar-refractivity contribution is 0.468. The molecule has 1 aromatic rings. The predicted octanol–water partition coefficient (Wildman–Crippen LogP) is 1.21. The number of aromatic hydroxyl groups is 1. The zero-order valence-corrected chi connectivity index (χ0v) is 6.20. The van der Waals surface area contributed by atoms with Crippen LogP contribution < -0.4 is 5.73 Å². The van der Waals surface area contributed by atoms with Crippen molar-refractivity contribution in [2.24, 2.45) is 5.73 Å². The molecule has 3 N–H and O–H groups in total. The molecule has 58 valence electrons. The van der Waals surface area contributed by atoms with Crippen molar-refractivity contribution < 1.29 is 5.11 Å². The summed E-state index contributed by atoms with van der Waals surface area (Å²) >= 11 is 0. The smallest absolute Gasteiger partial charge is 0.119 e. The molecule has 2 nitrogen and oxygen atoms in total. The first-order chi connectivity index (χ1) is 5.29. The average Bonchev–Trinajstić information content (AvgIpc) is 2.68. The normalized spacial score (nSPS) is 28.5. The maximum absolute atomic E-state index is 9.38. The Balaban J connectivity index is 2.31. The Labute approximate surface area is 65.7 Å². The summed E-state index contributed by atoms with van der Waals surface area (Å²) < 4.78 is 0. The number of benzene rings is 1. The van der Waals surface area contributed by atoms with Gasteiger partial charge in [-0.1, -0.05) is 18.2 Å². The first kappa shape index (κ1) is 6.68. The van der Waals surface area contributed by atoms with Crippen molar-refractivity contribution in [3.05, 3.63) is 29.8 Å². The van der Waals surface area contributed by atoms with Crippen LogP contribution in [0.2, 0.25) is 0 Å². The van der Waals surface area contributed by atoms with Gasteiger partial charge in [-0.05, 0) is 18.1 Å². The molecule has 1 aliphatic rings. The second-order valence-electron chi connectivity index (χ2n) is 3.06. The van der Waals surface area contributed by atoms with E-state index in [9.17, 15) is 5.11 Å². The van der Waals surface area contributed by atoms with Crippen LogP contribution in [-0.2, 0) is 0 Å². The van der Waals surface area contributed by atoms with E-state index in [4.69, 9.17) is 5.73 Å². The molecule has 1 fully saturated rings. The summed E-state index contributed by atoms with van der Waals surface area (Å²) in [5.41, 5.74) is 6.66. The van der Waals surface area contributed by atoms with Crippen LogP contribution in [0.25, 0.3) is 0 Å². The highest BCUT2D eigenvalue weighted by Crippen LogP contribution is 2.42. The molecule has 0 amide bonds. The predicted molar refractivity (Wildman–Crippen MR) is 43.4 cm³/mol. The number of phenolic OH excluding ortho intramolecular Hbond substituents is 1. The van der Waals surface area contributed by atoms with E-state index in [0.29, 0.717) is 11.7 Å². The molecule has 0 spiro atoms. The van der Waals surface area contributed by atoms with E-state index in [0.717, 1.165) is 12.0 Å². The highest BCUT2D eigenvalue weighted by Gasteiger charge is 2.36. The maximum atomic E-state index is 9.38. The van der Waals surface area contributed by atoms with Gasteiger partial charge < -0.3 is 10.8 Å². The fourth-order valence-electron chi connectivity index (χ4n) is 1.37. The van der Waals surface area contributed by atoms with Crippen molar-refractivity contribution in [1.82, 2.24) is 0 Å². The van der Waals surface area contributed by atoms with Crippen LogP contribution in [0.15, 0.2) is 24.3 Å². The van der Waals surface area contributed by atoms with Gasteiger partial charge in [-0.2, -0.15) is 0 Å². The molecule has 2 heteroatoms. The lowest BCUT2D eigenvalue weighted by Gasteiger charge is -2.00. The number of hydrogen-bond donors (Lipinski definition) is 2. The Morgan fingerprint density at radius 3 is 2.55 bits per heavy atom. The van der Waals surface area contributed by atoms with Crippen molar-refractivity contribution in [2.45, 2.75) is 18.4 Å². The molecule has 1 aliphatic carbocycles. The van der Waals surface area contributed by atoms with Crippen LogP contribution in [-0.4, -0.2) is 11.1 Å². The van der Waals surface area contributed by atoms with Gasteiger partial charge in [0.2, 0.25) is 0 Å². The largest absolute Gasteiger partial charge is 0.508 e. The summed E-state index contributed by atoms with van der Waals surface area (Å²) in [6.07, 6.45) is 1.01. The molecule has 0 radical (unpaired) electrons. The Hall–Kier alpha value is -1.02. The highest BCUT2D eigenvalue weighted by atomic mass is 16.3. The Morgan fingerprint density at radius 2 is 2.00 bits per heavy atom. The van der Waals surface area contributed by atoms with Crippen molar-refractivity contribution in [1.29, 1.82) is 0 Å². The zero-order valence-electron chi connectivity index (χ0n) is 6.20. The molecule has 1 saturated carbocycles. The Bertz CT molecular complexity index is 272. The van der Waals surface area contributed by atoms with E-state index in [1.165, 1.54) is 0 Å². The molecule has 1 aromatic carbocycles. The Kier molecular flexibility index (Phi) is 1.36. The van der Waals surface area contributed by atoms with Crippen LogP contribution >= 0.6 is 0 Å². The molecular formula is C9H11NO. The van der Waals surface area contributed by atoms with Crippen molar-refractivity contribution >= 4 is 0 Å². The molecule has 11 heavy (non-hydrogen) atoms. The second kappa shape index (κ2) is 2.24. The van der Waals surface area contributed by atoms with Crippen LogP contribution in [0.3, 0.4) is 0 Å². The van der Waals surface area contributed by atoms with Crippen molar-refractivity contribution in [3.8, 4) is 5.75 Å². The molecular weight excluding hydrogens is 138 g/mol. The van der Waals surface area contributed by atoms with Gasteiger partial charge in [0.05, 0.1) is 0 Å². The molecule has 0 unspecified atom stereocenters. The van der Waals surface area contributed by atoms with E-state index in [1.807, 2.05) is 18.2 Å². The average molecular weight is 149 g/mol. The lowest BCUT2D eigenvalue weighted by Crippen LogP contribution is -2.00. The fraction of sp³-hybridized carbons (Fsp3) is 0.333. The zero-order chi connectivity index (χ0) is 7.84. The molecule has 0 bridgehead atoms. The Morgan fingerprint density at radius 1 is 1.36 bits per heavy atom.